The Morgan fingerprint density at radius 2 is 1.95 bits per heavy atom. The van der Waals surface area contributed by atoms with E-state index in [1.54, 1.807) is 0 Å². The largest absolute Gasteiger partial charge is 0.225 e. The van der Waals surface area contributed by atoms with Crippen LogP contribution < -0.4 is 0 Å². The zero-order valence-electron chi connectivity index (χ0n) is 22.4. The zero-order valence-corrected chi connectivity index (χ0v) is 23.2. The molecule has 4 aromatic rings. The van der Waals surface area contributed by atoms with Gasteiger partial charge < -0.3 is 0 Å². The second-order valence-corrected chi connectivity index (χ2v) is 14.6. The Morgan fingerprint density at radius 1 is 1.14 bits per heavy atom. The van der Waals surface area contributed by atoms with Crippen molar-refractivity contribution in [3.8, 4) is 0 Å². The Hall–Kier alpha value is -2.42. The van der Waals surface area contributed by atoms with Gasteiger partial charge in [0.25, 0.3) is 0 Å². The molecule has 2 unspecified atom stereocenters. The van der Waals surface area contributed by atoms with E-state index in [1.165, 1.54) is 54.4 Å². The van der Waals surface area contributed by atoms with E-state index in [1.807, 2.05) is 33.9 Å². The highest BCUT2D eigenvalue weighted by Crippen LogP contribution is 2.64. The first-order valence-corrected chi connectivity index (χ1v) is 15.0. The number of fused-ring (bicyclic) bond motifs is 5. The normalized spacial score (nSPS) is 33.0. The van der Waals surface area contributed by atoms with E-state index < -0.39 is 0 Å². The van der Waals surface area contributed by atoms with Gasteiger partial charge in [-0.25, -0.2) is 14.5 Å². The van der Waals surface area contributed by atoms with Crippen molar-refractivity contribution in [2.45, 2.75) is 103 Å². The van der Waals surface area contributed by atoms with Gasteiger partial charge in [0.05, 0.1) is 10.9 Å². The van der Waals surface area contributed by atoms with Crippen LogP contribution in [-0.4, -0.2) is 39.8 Å². The lowest BCUT2D eigenvalue weighted by Gasteiger charge is -2.60. The molecular weight excluding hydrogens is 480 g/mol. The van der Waals surface area contributed by atoms with Gasteiger partial charge in [-0.3, -0.25) is 0 Å². The Kier molecular flexibility index (Phi) is 4.49. The Balaban J connectivity index is 1.22. The molecule has 4 heterocycles. The summed E-state index contributed by atoms with van der Waals surface area (Å²) in [6, 6.07) is 0. The van der Waals surface area contributed by atoms with E-state index in [4.69, 9.17) is 20.2 Å². The van der Waals surface area contributed by atoms with E-state index in [-0.39, 0.29) is 11.0 Å². The van der Waals surface area contributed by atoms with Crippen molar-refractivity contribution < 1.29 is 0 Å². The molecule has 5 aliphatic rings. The molecule has 4 aromatic heterocycles. The Morgan fingerprint density at radius 3 is 2.68 bits per heavy atom. The van der Waals surface area contributed by atoms with Gasteiger partial charge in [-0.1, -0.05) is 27.2 Å². The average molecular weight is 517 g/mol. The first kappa shape index (κ1) is 22.6. The van der Waals surface area contributed by atoms with Crippen LogP contribution in [0.15, 0.2) is 6.33 Å². The van der Waals surface area contributed by atoms with Crippen LogP contribution >= 0.6 is 11.3 Å². The third kappa shape index (κ3) is 3.12. The van der Waals surface area contributed by atoms with Crippen molar-refractivity contribution >= 4 is 27.2 Å². The summed E-state index contributed by atoms with van der Waals surface area (Å²) in [7, 11) is 0. The molecule has 0 radical (unpaired) electrons. The maximum atomic E-state index is 5.38. The summed E-state index contributed by atoms with van der Waals surface area (Å²) < 4.78 is 1.98. The highest BCUT2D eigenvalue weighted by atomic mass is 32.1. The number of aryl methyl sites for hydroxylation is 2. The minimum atomic E-state index is -0.0426. The summed E-state index contributed by atoms with van der Waals surface area (Å²) in [5, 5.41) is 19.9. The molecule has 0 aliphatic heterocycles. The standard InChI is InChI=1S/C28H36N8S/c1-5-26(3,4)19-6-7-20-21(9-19)37-24-22(20)23-30-25(33-35(23)15-29-24)27-10-17-8-18(11-27)13-28(12-17,14-27)36-32-16(2)31-34-36/h15,17-19H,5-14H2,1-4H3/t17-,18+,19-,27?,28?/m0/s1. The van der Waals surface area contributed by atoms with E-state index in [2.05, 4.69) is 31.1 Å². The van der Waals surface area contributed by atoms with Gasteiger partial charge >= 0.3 is 0 Å². The Bertz CT molecular complexity index is 1530. The first-order chi connectivity index (χ1) is 17.8. The number of thiophene rings is 1. The van der Waals surface area contributed by atoms with Crippen LogP contribution in [0.5, 0.6) is 0 Å². The van der Waals surface area contributed by atoms with E-state index >= 15 is 0 Å². The molecule has 5 atom stereocenters. The third-order valence-electron chi connectivity index (χ3n) is 10.8. The predicted octanol–water partition coefficient (Wildman–Crippen LogP) is 5.42. The molecule has 0 aromatic carbocycles. The lowest BCUT2D eigenvalue weighted by Crippen LogP contribution is -2.59. The number of aromatic nitrogens is 8. The van der Waals surface area contributed by atoms with Crippen molar-refractivity contribution in [2.24, 2.45) is 23.2 Å². The van der Waals surface area contributed by atoms with Crippen molar-refractivity contribution in [1.82, 2.24) is 39.8 Å². The first-order valence-electron chi connectivity index (χ1n) is 14.2. The van der Waals surface area contributed by atoms with Crippen LogP contribution in [0.2, 0.25) is 0 Å². The van der Waals surface area contributed by atoms with Gasteiger partial charge in [0.15, 0.2) is 17.3 Å². The van der Waals surface area contributed by atoms with Gasteiger partial charge in [-0.2, -0.15) is 4.80 Å². The lowest BCUT2D eigenvalue weighted by molar-refractivity contribution is -0.0785. The molecule has 9 heteroatoms. The maximum Gasteiger partial charge on any atom is 0.171 e. The molecule has 0 saturated heterocycles. The average Bonchev–Trinajstić information content (AvgIpc) is 3.59. The van der Waals surface area contributed by atoms with Crippen molar-refractivity contribution in [3.05, 3.63) is 28.4 Å². The summed E-state index contributed by atoms with van der Waals surface area (Å²) in [5.74, 6) is 3.89. The number of hydrogen-bond acceptors (Lipinski definition) is 7. The summed E-state index contributed by atoms with van der Waals surface area (Å²) in [6.07, 6.45) is 13.7. The molecule has 5 aliphatic carbocycles. The van der Waals surface area contributed by atoms with Crippen LogP contribution in [0.1, 0.15) is 94.2 Å². The molecule has 8 nitrogen and oxygen atoms in total. The van der Waals surface area contributed by atoms with Crippen LogP contribution in [0, 0.1) is 30.1 Å². The van der Waals surface area contributed by atoms with Crippen LogP contribution in [0.3, 0.4) is 0 Å². The number of hydrogen-bond donors (Lipinski definition) is 0. The number of tetrazole rings is 1. The maximum absolute atomic E-state index is 5.38. The van der Waals surface area contributed by atoms with Gasteiger partial charge in [0, 0.05) is 10.3 Å². The quantitative estimate of drug-likeness (QED) is 0.360. The molecular formula is C28H36N8S. The van der Waals surface area contributed by atoms with E-state index in [0.717, 1.165) is 53.7 Å². The monoisotopic (exact) mass is 516 g/mol. The van der Waals surface area contributed by atoms with Gasteiger partial charge in [-0.05, 0) is 98.7 Å². The van der Waals surface area contributed by atoms with Crippen molar-refractivity contribution in [1.29, 1.82) is 0 Å². The number of nitrogens with zero attached hydrogens (tertiary/aromatic N) is 8. The second kappa shape index (κ2) is 7.36. The Labute approximate surface area is 221 Å². The number of rotatable bonds is 4. The second-order valence-electron chi connectivity index (χ2n) is 13.5. The lowest BCUT2D eigenvalue weighted by atomic mass is 9.46. The molecule has 0 N–H and O–H groups in total. The highest BCUT2D eigenvalue weighted by Gasteiger charge is 2.61. The van der Waals surface area contributed by atoms with Gasteiger partial charge in [-0.15, -0.1) is 26.6 Å². The molecule has 194 valence electrons. The van der Waals surface area contributed by atoms with Crippen LogP contribution in [0.25, 0.3) is 15.9 Å². The topological polar surface area (TPSA) is 86.7 Å². The summed E-state index contributed by atoms with van der Waals surface area (Å²) in [5.41, 5.74) is 2.84. The van der Waals surface area contributed by atoms with Crippen LogP contribution in [0.4, 0.5) is 0 Å². The third-order valence-corrected chi connectivity index (χ3v) is 12.0. The van der Waals surface area contributed by atoms with Gasteiger partial charge in [0.2, 0.25) is 0 Å². The molecule has 4 bridgehead atoms. The SMILES string of the molecule is CCC(C)(C)[C@H]1CCc2c(sc3ncn4nc(C56C[C@H]7C[C@@H](C5)CC(n5nnc(C)n5)(C7)C6)nc4c23)C1. The molecule has 9 rings (SSSR count). The molecule has 4 fully saturated rings. The predicted molar refractivity (Wildman–Crippen MR) is 143 cm³/mol. The van der Waals surface area contributed by atoms with E-state index in [0.29, 0.717) is 17.3 Å². The fraction of sp³-hybridized carbons (Fsp3) is 0.714. The van der Waals surface area contributed by atoms with Gasteiger partial charge in [0.1, 0.15) is 11.2 Å². The minimum Gasteiger partial charge on any atom is -0.225 e. The summed E-state index contributed by atoms with van der Waals surface area (Å²) in [6.45, 7) is 9.14. The zero-order chi connectivity index (χ0) is 25.2. The van der Waals surface area contributed by atoms with Crippen LogP contribution in [-0.2, 0) is 23.8 Å². The summed E-state index contributed by atoms with van der Waals surface area (Å²) in [4.78, 5) is 14.9. The summed E-state index contributed by atoms with van der Waals surface area (Å²) >= 11 is 1.89. The molecule has 37 heavy (non-hydrogen) atoms. The van der Waals surface area contributed by atoms with Crippen molar-refractivity contribution in [2.75, 3.05) is 0 Å². The smallest absolute Gasteiger partial charge is 0.171 e. The minimum absolute atomic E-state index is 0.00368. The van der Waals surface area contributed by atoms with Crippen molar-refractivity contribution in [3.63, 3.8) is 0 Å². The van der Waals surface area contributed by atoms with E-state index in [9.17, 15) is 0 Å². The highest BCUT2D eigenvalue weighted by molar-refractivity contribution is 7.19. The fourth-order valence-electron chi connectivity index (χ4n) is 8.95. The molecule has 4 saturated carbocycles. The molecule has 0 amide bonds. The molecule has 0 spiro atoms. The fourth-order valence-corrected chi connectivity index (χ4v) is 10.2.